The predicted octanol–water partition coefficient (Wildman–Crippen LogP) is 6.77. The highest BCUT2D eigenvalue weighted by atomic mass is 79.9. The third kappa shape index (κ3) is 3.07. The highest BCUT2D eigenvalue weighted by Gasteiger charge is 2.27. The maximum atomic E-state index is 10.8. The Morgan fingerprint density at radius 2 is 2.00 bits per heavy atom. The van der Waals surface area contributed by atoms with Crippen LogP contribution < -0.4 is 0 Å². The fourth-order valence-corrected chi connectivity index (χ4v) is 4.06. The van der Waals surface area contributed by atoms with Crippen LogP contribution in [-0.4, -0.2) is 21.2 Å². The highest BCUT2D eigenvalue weighted by molar-refractivity contribution is 9.10. The molecule has 1 aliphatic rings. The number of thioether (sulfide) groups is 1. The molecule has 0 amide bonds. The molecular formula is C18H15BrClN3OS. The van der Waals surface area contributed by atoms with Gasteiger partial charge in [-0.3, -0.25) is 0 Å². The Bertz CT molecular complexity index is 998. The fourth-order valence-electron chi connectivity index (χ4n) is 2.90. The summed E-state index contributed by atoms with van der Waals surface area (Å²) in [6.07, 6.45) is 0. The van der Waals surface area contributed by atoms with Gasteiger partial charge in [0, 0.05) is 26.4 Å². The lowest BCUT2D eigenvalue weighted by molar-refractivity contribution is 0.406. The molecule has 2 aromatic carbocycles. The molecule has 1 saturated heterocycles. The average Bonchev–Trinajstić information content (AvgIpc) is 2.79. The third-order valence-electron chi connectivity index (χ3n) is 4.31. The van der Waals surface area contributed by atoms with Gasteiger partial charge in [0.25, 0.3) is 0 Å². The normalized spacial score (nSPS) is 15.2. The number of benzene rings is 2. The van der Waals surface area contributed by atoms with Crippen molar-refractivity contribution in [2.75, 3.05) is 11.5 Å². The van der Waals surface area contributed by atoms with E-state index in [4.69, 9.17) is 11.6 Å². The number of azo groups is 1. The van der Waals surface area contributed by atoms with E-state index in [1.807, 2.05) is 59.7 Å². The van der Waals surface area contributed by atoms with Gasteiger partial charge < -0.3 is 9.67 Å². The van der Waals surface area contributed by atoms with Crippen molar-refractivity contribution in [2.45, 2.75) is 13.0 Å². The lowest BCUT2D eigenvalue weighted by atomic mass is 10.2. The zero-order chi connectivity index (χ0) is 17.6. The van der Waals surface area contributed by atoms with Crippen molar-refractivity contribution in [1.82, 2.24) is 4.57 Å². The molecule has 2 heterocycles. The number of fused-ring (bicyclic) bond motifs is 1. The number of hydrogen-bond donors (Lipinski definition) is 1. The average molecular weight is 437 g/mol. The Hall–Kier alpha value is -1.50. The van der Waals surface area contributed by atoms with Gasteiger partial charge in [-0.25, -0.2) is 0 Å². The highest BCUT2D eigenvalue weighted by Crippen LogP contribution is 2.45. The maximum absolute atomic E-state index is 10.8. The molecule has 1 aliphatic heterocycles. The van der Waals surface area contributed by atoms with Crippen LogP contribution in [0.1, 0.15) is 11.6 Å². The summed E-state index contributed by atoms with van der Waals surface area (Å²) in [6, 6.07) is 11.7. The van der Waals surface area contributed by atoms with Gasteiger partial charge in [-0.15, -0.1) is 5.11 Å². The molecule has 4 nitrogen and oxygen atoms in total. The summed E-state index contributed by atoms with van der Waals surface area (Å²) in [4.78, 5) is 0. The molecule has 7 heteroatoms. The van der Waals surface area contributed by atoms with Crippen LogP contribution in [0.25, 0.3) is 10.9 Å². The van der Waals surface area contributed by atoms with E-state index in [1.54, 1.807) is 0 Å². The van der Waals surface area contributed by atoms with Crippen molar-refractivity contribution in [2.24, 2.45) is 10.2 Å². The Morgan fingerprint density at radius 3 is 2.68 bits per heavy atom. The largest absolute Gasteiger partial charge is 0.493 e. The van der Waals surface area contributed by atoms with Crippen LogP contribution in [0.2, 0.25) is 5.02 Å². The monoisotopic (exact) mass is 435 g/mol. The van der Waals surface area contributed by atoms with E-state index in [0.717, 1.165) is 38.1 Å². The molecule has 0 spiro atoms. The summed E-state index contributed by atoms with van der Waals surface area (Å²) in [6.45, 7) is 2.00. The van der Waals surface area contributed by atoms with Gasteiger partial charge in [0.05, 0.1) is 17.2 Å². The second-order valence-electron chi connectivity index (χ2n) is 6.03. The van der Waals surface area contributed by atoms with Crippen molar-refractivity contribution < 1.29 is 5.11 Å². The molecule has 1 aromatic heterocycles. The minimum Gasteiger partial charge on any atom is -0.493 e. The summed E-state index contributed by atoms with van der Waals surface area (Å²) < 4.78 is 2.98. The number of hydrogen-bond acceptors (Lipinski definition) is 4. The van der Waals surface area contributed by atoms with Gasteiger partial charge >= 0.3 is 0 Å². The summed E-state index contributed by atoms with van der Waals surface area (Å²) in [7, 11) is 0. The van der Waals surface area contributed by atoms with Gasteiger partial charge in [0.2, 0.25) is 5.88 Å². The Morgan fingerprint density at radius 1 is 1.20 bits per heavy atom. The molecule has 4 rings (SSSR count). The number of aromatic nitrogens is 1. The lowest BCUT2D eigenvalue weighted by Gasteiger charge is -2.27. The molecule has 0 aliphatic carbocycles. The predicted molar refractivity (Wildman–Crippen MR) is 108 cm³/mol. The molecule has 0 bridgehead atoms. The molecule has 0 unspecified atom stereocenters. The molecular weight excluding hydrogens is 422 g/mol. The van der Waals surface area contributed by atoms with Crippen LogP contribution in [0.4, 0.5) is 11.4 Å². The topological polar surface area (TPSA) is 49.9 Å². The Kier molecular flexibility index (Phi) is 4.52. The summed E-state index contributed by atoms with van der Waals surface area (Å²) >= 11 is 11.5. The lowest BCUT2D eigenvalue weighted by Crippen LogP contribution is -2.22. The smallest absolute Gasteiger partial charge is 0.221 e. The number of halogens is 2. The van der Waals surface area contributed by atoms with Gasteiger partial charge in [-0.05, 0) is 48.9 Å². The quantitative estimate of drug-likeness (QED) is 0.460. The van der Waals surface area contributed by atoms with E-state index >= 15 is 0 Å². The van der Waals surface area contributed by atoms with Gasteiger partial charge in [0.15, 0.2) is 5.69 Å². The van der Waals surface area contributed by atoms with Crippen molar-refractivity contribution in [3.63, 3.8) is 0 Å². The molecule has 128 valence electrons. The molecule has 0 saturated carbocycles. The molecule has 0 radical (unpaired) electrons. The third-order valence-corrected chi connectivity index (χ3v) is 6.67. The van der Waals surface area contributed by atoms with E-state index in [9.17, 15) is 5.11 Å². The van der Waals surface area contributed by atoms with Crippen LogP contribution in [0, 0.1) is 6.92 Å². The first kappa shape index (κ1) is 16.9. The van der Waals surface area contributed by atoms with E-state index < -0.39 is 0 Å². The summed E-state index contributed by atoms with van der Waals surface area (Å²) in [5, 5.41) is 20.9. The summed E-state index contributed by atoms with van der Waals surface area (Å²) in [5.74, 6) is 2.13. The number of nitrogens with zero attached hydrogens (tertiary/aromatic N) is 3. The van der Waals surface area contributed by atoms with E-state index in [0.29, 0.717) is 10.7 Å². The van der Waals surface area contributed by atoms with Crippen LogP contribution in [-0.2, 0) is 0 Å². The van der Waals surface area contributed by atoms with Crippen LogP contribution in [0.5, 0.6) is 5.88 Å². The minimum atomic E-state index is 0.153. The molecule has 0 atom stereocenters. The second kappa shape index (κ2) is 6.67. The molecule has 25 heavy (non-hydrogen) atoms. The fraction of sp³-hybridized carbons (Fsp3) is 0.222. The number of rotatable bonds is 3. The zero-order valence-electron chi connectivity index (χ0n) is 13.4. The first-order valence-corrected chi connectivity index (χ1v) is 10.1. The van der Waals surface area contributed by atoms with Crippen molar-refractivity contribution in [3.05, 3.63) is 51.5 Å². The molecule has 1 fully saturated rings. The van der Waals surface area contributed by atoms with Crippen molar-refractivity contribution in [3.8, 4) is 5.88 Å². The number of aryl methyl sites for hydroxylation is 1. The standard InChI is InChI=1S/C18H15BrClN3OS/c1-10-6-12(3-4-15(10)19)21-22-17-14-7-11(20)2-5-16(14)23(18(17)24)13-8-25-9-13/h2-7,13,24H,8-9H2,1H3. The second-order valence-corrected chi connectivity index (χ2v) is 8.39. The molecule has 3 aromatic rings. The first-order valence-electron chi connectivity index (χ1n) is 7.82. The minimum absolute atomic E-state index is 0.153. The van der Waals surface area contributed by atoms with Crippen LogP contribution >= 0.6 is 39.3 Å². The van der Waals surface area contributed by atoms with Crippen molar-refractivity contribution >= 4 is 61.6 Å². The van der Waals surface area contributed by atoms with E-state index in [-0.39, 0.29) is 11.9 Å². The van der Waals surface area contributed by atoms with Gasteiger partial charge in [-0.1, -0.05) is 27.5 Å². The zero-order valence-corrected chi connectivity index (χ0v) is 16.6. The first-order chi connectivity index (χ1) is 12.0. The Balaban J connectivity index is 1.83. The Labute approximate surface area is 163 Å². The number of aromatic hydroxyl groups is 1. The SMILES string of the molecule is Cc1cc(N=Nc2c(O)n(C3CSC3)c3ccc(Cl)cc23)ccc1Br. The summed E-state index contributed by atoms with van der Waals surface area (Å²) in [5.41, 5.74) is 3.22. The molecule has 1 N–H and O–H groups in total. The van der Waals surface area contributed by atoms with Gasteiger partial charge in [0.1, 0.15) is 0 Å². The van der Waals surface area contributed by atoms with Crippen LogP contribution in [0.15, 0.2) is 51.1 Å². The van der Waals surface area contributed by atoms with E-state index in [1.165, 1.54) is 0 Å². The van der Waals surface area contributed by atoms with Crippen LogP contribution in [0.3, 0.4) is 0 Å². The van der Waals surface area contributed by atoms with Gasteiger partial charge in [-0.2, -0.15) is 16.9 Å². The maximum Gasteiger partial charge on any atom is 0.221 e. The van der Waals surface area contributed by atoms with Crippen molar-refractivity contribution in [1.29, 1.82) is 0 Å². The van der Waals surface area contributed by atoms with E-state index in [2.05, 4.69) is 26.2 Å².